The summed E-state index contributed by atoms with van der Waals surface area (Å²) in [5.74, 6) is 0.00462. The van der Waals surface area contributed by atoms with Gasteiger partial charge in [0.25, 0.3) is 0 Å². The van der Waals surface area contributed by atoms with Crippen molar-refractivity contribution in [3.63, 3.8) is 0 Å². The minimum absolute atomic E-state index is 0.0320. The van der Waals surface area contributed by atoms with Gasteiger partial charge < -0.3 is 19.4 Å². The second-order valence-corrected chi connectivity index (χ2v) is 23.4. The van der Waals surface area contributed by atoms with Crippen molar-refractivity contribution in [2.24, 2.45) is 56.2 Å². The molecule has 0 amide bonds. The highest BCUT2D eigenvalue weighted by atomic mass is 35.5. The number of esters is 1. The first-order chi connectivity index (χ1) is 26.7. The van der Waals surface area contributed by atoms with Crippen LogP contribution in [0.4, 0.5) is 0 Å². The number of aliphatic hydroxyl groups excluding tert-OH is 1. The Morgan fingerprint density at radius 1 is 0.931 bits per heavy atom. The summed E-state index contributed by atoms with van der Waals surface area (Å²) < 4.78 is 7.03. The lowest BCUT2D eigenvalue weighted by Gasteiger charge is -2.72. The van der Waals surface area contributed by atoms with Gasteiger partial charge in [0.05, 0.1) is 45.6 Å². The number of aliphatic carboxylic acids is 1. The third kappa shape index (κ3) is 7.77. The van der Waals surface area contributed by atoms with E-state index in [4.69, 9.17) is 16.3 Å². The standard InChI is InChI=1S/C49H75ClN2O6/c1-31(2)41-35(53)27-49(38(54)30-51(25-26-52(10,11)12)29-32-13-15-33(50)16-14-32)24-23-47(8)34(42(41)49)17-18-37-46(7)21-20-39(58-40(55)28-44(3,4)43(56)57)45(5,6)36(46)19-22-48(37,47)9/h13-16,31,34,36-39,54H,17-30H2,1-12H3/p+1. The molecule has 1 aromatic carbocycles. The molecule has 8 nitrogen and oxygen atoms in total. The lowest BCUT2D eigenvalue weighted by atomic mass is 9.33. The van der Waals surface area contributed by atoms with E-state index in [1.54, 1.807) is 13.8 Å². The highest BCUT2D eigenvalue weighted by molar-refractivity contribution is 6.30. The summed E-state index contributed by atoms with van der Waals surface area (Å²) in [6, 6.07) is 8.04. The van der Waals surface area contributed by atoms with Crippen LogP contribution in [0.5, 0.6) is 0 Å². The number of ketones is 1. The van der Waals surface area contributed by atoms with Gasteiger partial charge in [-0.25, -0.2) is 0 Å². The largest absolute Gasteiger partial charge is 0.481 e. The van der Waals surface area contributed by atoms with E-state index in [1.165, 1.54) is 11.1 Å². The van der Waals surface area contributed by atoms with Crippen LogP contribution in [0, 0.1) is 56.2 Å². The van der Waals surface area contributed by atoms with Gasteiger partial charge in [-0.05, 0) is 128 Å². The van der Waals surface area contributed by atoms with Crippen molar-refractivity contribution in [3.05, 3.63) is 46.0 Å². The molecule has 58 heavy (non-hydrogen) atoms. The number of aliphatic hydroxyl groups is 1. The van der Waals surface area contributed by atoms with E-state index < -0.39 is 28.9 Å². The van der Waals surface area contributed by atoms with Crippen LogP contribution in [0.25, 0.3) is 0 Å². The minimum atomic E-state index is -1.17. The number of carbonyl (C=O) groups is 3. The Morgan fingerprint density at radius 2 is 1.59 bits per heavy atom. The molecule has 0 aliphatic heterocycles. The monoisotopic (exact) mass is 824 g/mol. The molecule has 0 radical (unpaired) electrons. The minimum Gasteiger partial charge on any atom is -0.481 e. The van der Waals surface area contributed by atoms with Gasteiger partial charge in [0, 0.05) is 41.9 Å². The second kappa shape index (κ2) is 15.6. The fourth-order valence-electron chi connectivity index (χ4n) is 13.9. The van der Waals surface area contributed by atoms with Gasteiger partial charge >= 0.3 is 11.9 Å². The van der Waals surface area contributed by atoms with Crippen molar-refractivity contribution >= 4 is 29.3 Å². The first kappa shape index (κ1) is 45.3. The fraction of sp³-hybridized carbons (Fsp3) is 0.776. The third-order valence-corrected chi connectivity index (χ3v) is 17.6. The molecule has 4 saturated carbocycles. The van der Waals surface area contributed by atoms with Crippen LogP contribution in [-0.4, -0.2) is 90.3 Å². The van der Waals surface area contributed by atoms with Crippen molar-refractivity contribution in [2.75, 3.05) is 40.8 Å². The van der Waals surface area contributed by atoms with Gasteiger partial charge in [-0.2, -0.15) is 0 Å². The molecule has 9 heteroatoms. The number of quaternary nitrogens is 1. The normalized spacial score (nSPS) is 35.3. The van der Waals surface area contributed by atoms with Crippen LogP contribution in [0.1, 0.15) is 132 Å². The summed E-state index contributed by atoms with van der Waals surface area (Å²) in [5.41, 5.74) is 1.55. The first-order valence-corrected chi connectivity index (χ1v) is 22.8. The summed E-state index contributed by atoms with van der Waals surface area (Å²) in [6.45, 7) is 22.7. The molecule has 2 N–H and O–H groups in total. The molecule has 324 valence electrons. The maximum atomic E-state index is 14.4. The molecule has 0 spiro atoms. The predicted molar refractivity (Wildman–Crippen MR) is 231 cm³/mol. The Balaban J connectivity index is 1.29. The van der Waals surface area contributed by atoms with Crippen LogP contribution in [0.15, 0.2) is 35.4 Å². The quantitative estimate of drug-likeness (QED) is 0.151. The Labute approximate surface area is 355 Å². The molecule has 1 aromatic rings. The van der Waals surface area contributed by atoms with Gasteiger partial charge in [0.2, 0.25) is 0 Å². The molecule has 4 fully saturated rings. The number of ether oxygens (including phenoxy) is 1. The molecule has 0 bridgehead atoms. The van der Waals surface area contributed by atoms with Gasteiger partial charge in [-0.15, -0.1) is 0 Å². The topological polar surface area (TPSA) is 104 Å². The highest BCUT2D eigenvalue weighted by Gasteiger charge is 2.71. The van der Waals surface area contributed by atoms with Gasteiger partial charge in [-0.1, -0.05) is 77.8 Å². The van der Waals surface area contributed by atoms with E-state index in [9.17, 15) is 24.6 Å². The zero-order chi connectivity index (χ0) is 43.0. The molecular weight excluding hydrogens is 748 g/mol. The number of carboxylic acids is 1. The number of rotatable bonds is 13. The number of benzene rings is 1. The zero-order valence-electron chi connectivity index (χ0n) is 38.0. The number of halogens is 1. The fourth-order valence-corrected chi connectivity index (χ4v) is 14.0. The smallest absolute Gasteiger partial charge is 0.309 e. The summed E-state index contributed by atoms with van der Waals surface area (Å²) in [6.07, 6.45) is 7.14. The van der Waals surface area contributed by atoms with Crippen molar-refractivity contribution in [1.82, 2.24) is 4.90 Å². The highest BCUT2D eigenvalue weighted by Crippen LogP contribution is 2.77. The Kier molecular flexibility index (Phi) is 12.2. The van der Waals surface area contributed by atoms with Crippen LogP contribution in [-0.2, 0) is 25.7 Å². The average Bonchev–Trinajstić information content (AvgIpc) is 3.42. The average molecular weight is 825 g/mol. The molecule has 5 aliphatic carbocycles. The Bertz CT molecular complexity index is 1780. The van der Waals surface area contributed by atoms with E-state index in [0.717, 1.165) is 74.5 Å². The van der Waals surface area contributed by atoms with E-state index in [1.807, 2.05) is 12.1 Å². The van der Waals surface area contributed by atoms with E-state index in [2.05, 4.69) is 86.6 Å². The second-order valence-electron chi connectivity index (χ2n) is 22.9. The number of carboxylic acid groups (broad SMARTS) is 1. The summed E-state index contributed by atoms with van der Waals surface area (Å²) in [4.78, 5) is 41.7. The van der Waals surface area contributed by atoms with Crippen LogP contribution < -0.4 is 0 Å². The molecular formula is C49H76ClN2O6+. The van der Waals surface area contributed by atoms with E-state index >= 15 is 0 Å². The SMILES string of the molecule is CC(C)C1=C2C3CCC4C5(C)CCC(OC(=O)CC(C)(C)C(=O)O)C(C)(C)C5CCC4(C)C3(C)CCC2(C(O)CN(CC[N+](C)(C)C)Cc2ccc(Cl)cc2)CC1=O. The number of fused-ring (bicyclic) bond motifs is 7. The zero-order valence-corrected chi connectivity index (χ0v) is 38.7. The third-order valence-electron chi connectivity index (χ3n) is 17.3. The molecule has 0 aromatic heterocycles. The lowest BCUT2D eigenvalue weighted by Crippen LogP contribution is -2.66. The molecule has 0 saturated heterocycles. The lowest BCUT2D eigenvalue weighted by molar-refractivity contribution is -0.869. The molecule has 0 heterocycles. The van der Waals surface area contributed by atoms with E-state index in [-0.39, 0.29) is 51.8 Å². The van der Waals surface area contributed by atoms with E-state index in [0.29, 0.717) is 36.4 Å². The number of Topliss-reactive ketones (excluding diaryl/α,β-unsaturated/α-hetero) is 1. The number of hydrogen-bond donors (Lipinski definition) is 2. The number of hydrogen-bond acceptors (Lipinski definition) is 6. The number of nitrogens with zero attached hydrogens (tertiary/aromatic N) is 2. The van der Waals surface area contributed by atoms with Crippen LogP contribution in [0.2, 0.25) is 5.02 Å². The maximum absolute atomic E-state index is 14.4. The van der Waals surface area contributed by atoms with Gasteiger partial charge in [-0.3, -0.25) is 19.3 Å². The summed E-state index contributed by atoms with van der Waals surface area (Å²) >= 11 is 6.26. The van der Waals surface area contributed by atoms with Crippen LogP contribution >= 0.6 is 11.6 Å². The number of allylic oxidation sites excluding steroid dienone is 1. The Morgan fingerprint density at radius 3 is 2.19 bits per heavy atom. The van der Waals surface area contributed by atoms with Gasteiger partial charge in [0.15, 0.2) is 5.78 Å². The molecule has 6 rings (SSSR count). The van der Waals surface area contributed by atoms with Crippen molar-refractivity contribution in [3.8, 4) is 0 Å². The first-order valence-electron chi connectivity index (χ1n) is 22.4. The summed E-state index contributed by atoms with van der Waals surface area (Å²) in [5, 5.41) is 23.1. The van der Waals surface area contributed by atoms with Crippen molar-refractivity contribution in [2.45, 2.75) is 145 Å². The van der Waals surface area contributed by atoms with Crippen LogP contribution in [0.3, 0.4) is 0 Å². The number of carbonyl (C=O) groups excluding carboxylic acids is 2. The van der Waals surface area contributed by atoms with Crippen molar-refractivity contribution in [1.29, 1.82) is 0 Å². The van der Waals surface area contributed by atoms with Gasteiger partial charge in [0.1, 0.15) is 6.10 Å². The summed E-state index contributed by atoms with van der Waals surface area (Å²) in [7, 11) is 6.63. The predicted octanol–water partition coefficient (Wildman–Crippen LogP) is 9.60. The molecule has 9 unspecified atom stereocenters. The molecule has 5 aliphatic rings. The van der Waals surface area contributed by atoms with Crippen molar-refractivity contribution < 1.29 is 33.8 Å². The molecule has 9 atom stereocenters. The Hall–Kier alpha value is -2.26. The number of likely N-dealkylation sites (N-methyl/N-ethyl adjacent to an activating group) is 1. The maximum Gasteiger partial charge on any atom is 0.309 e.